The van der Waals surface area contributed by atoms with Crippen molar-refractivity contribution in [2.75, 3.05) is 6.54 Å². The monoisotopic (exact) mass is 219 g/mol. The van der Waals surface area contributed by atoms with E-state index in [1.54, 1.807) is 0 Å². The van der Waals surface area contributed by atoms with E-state index in [0.29, 0.717) is 0 Å². The van der Waals surface area contributed by atoms with Crippen molar-refractivity contribution >= 4 is 0 Å². The van der Waals surface area contributed by atoms with E-state index in [9.17, 15) is 0 Å². The minimum atomic E-state index is 0.808. The SMILES string of the molecule is Cn1ccc(CCNC2CC3CCC2C3)n1. The summed E-state index contributed by atoms with van der Waals surface area (Å²) >= 11 is 0. The molecular formula is C13H21N3. The van der Waals surface area contributed by atoms with E-state index in [1.165, 1.54) is 31.4 Å². The third-order valence-corrected chi connectivity index (χ3v) is 4.29. The lowest BCUT2D eigenvalue weighted by atomic mass is 9.95. The van der Waals surface area contributed by atoms with Crippen molar-refractivity contribution in [3.05, 3.63) is 18.0 Å². The van der Waals surface area contributed by atoms with Crippen molar-refractivity contribution in [1.29, 1.82) is 0 Å². The fourth-order valence-corrected chi connectivity index (χ4v) is 3.48. The molecule has 2 bridgehead atoms. The van der Waals surface area contributed by atoms with E-state index in [1.807, 2.05) is 17.9 Å². The number of hydrogen-bond donors (Lipinski definition) is 1. The number of aromatic nitrogens is 2. The average molecular weight is 219 g/mol. The Balaban J connectivity index is 1.44. The molecule has 3 atom stereocenters. The number of rotatable bonds is 4. The Morgan fingerprint density at radius 1 is 1.44 bits per heavy atom. The van der Waals surface area contributed by atoms with Crippen molar-refractivity contribution in [1.82, 2.24) is 15.1 Å². The summed E-state index contributed by atoms with van der Waals surface area (Å²) in [5, 5.41) is 8.12. The zero-order chi connectivity index (χ0) is 11.0. The van der Waals surface area contributed by atoms with Gasteiger partial charge in [0.25, 0.3) is 0 Å². The number of nitrogens with zero attached hydrogens (tertiary/aromatic N) is 2. The summed E-state index contributed by atoms with van der Waals surface area (Å²) in [6.45, 7) is 1.09. The topological polar surface area (TPSA) is 29.9 Å². The van der Waals surface area contributed by atoms with Crippen molar-refractivity contribution in [3.63, 3.8) is 0 Å². The molecule has 2 aliphatic rings. The molecule has 3 unspecified atom stereocenters. The molecule has 1 N–H and O–H groups in total. The molecule has 1 aromatic heterocycles. The largest absolute Gasteiger partial charge is 0.313 e. The van der Waals surface area contributed by atoms with E-state index >= 15 is 0 Å². The fraction of sp³-hybridized carbons (Fsp3) is 0.769. The second-order valence-corrected chi connectivity index (χ2v) is 5.47. The van der Waals surface area contributed by atoms with Crippen LogP contribution in [-0.2, 0) is 13.5 Å². The third-order valence-electron chi connectivity index (χ3n) is 4.29. The van der Waals surface area contributed by atoms with Gasteiger partial charge in [-0.3, -0.25) is 4.68 Å². The second-order valence-electron chi connectivity index (χ2n) is 5.47. The molecule has 3 nitrogen and oxygen atoms in total. The van der Waals surface area contributed by atoms with Crippen LogP contribution in [0.1, 0.15) is 31.4 Å². The summed E-state index contributed by atoms with van der Waals surface area (Å²) in [5.41, 5.74) is 1.21. The molecule has 1 heterocycles. The molecule has 0 saturated heterocycles. The Bertz CT molecular complexity index is 358. The molecule has 3 rings (SSSR count). The number of nitrogens with one attached hydrogen (secondary N) is 1. The summed E-state index contributed by atoms with van der Waals surface area (Å²) < 4.78 is 1.88. The minimum absolute atomic E-state index is 0.808. The number of hydrogen-bond acceptors (Lipinski definition) is 2. The molecule has 3 heteroatoms. The van der Waals surface area contributed by atoms with Crippen molar-refractivity contribution in [3.8, 4) is 0 Å². The molecule has 0 aromatic carbocycles. The standard InChI is InChI=1S/C13H21N3/c1-16-7-5-12(15-16)4-6-14-13-9-10-2-3-11(13)8-10/h5,7,10-11,13-14H,2-4,6,8-9H2,1H3. The zero-order valence-electron chi connectivity index (χ0n) is 10.0. The lowest BCUT2D eigenvalue weighted by Gasteiger charge is -2.22. The predicted molar refractivity (Wildman–Crippen MR) is 64.2 cm³/mol. The molecule has 2 saturated carbocycles. The zero-order valence-corrected chi connectivity index (χ0v) is 10.0. The normalized spacial score (nSPS) is 32.4. The van der Waals surface area contributed by atoms with Gasteiger partial charge in [-0.05, 0) is 37.2 Å². The summed E-state index contributed by atoms with van der Waals surface area (Å²) in [6.07, 6.45) is 8.95. The first-order valence-corrected chi connectivity index (χ1v) is 6.53. The highest BCUT2D eigenvalue weighted by atomic mass is 15.2. The number of fused-ring (bicyclic) bond motifs is 2. The average Bonchev–Trinajstić information content (AvgIpc) is 2.94. The molecule has 0 aliphatic heterocycles. The Kier molecular flexibility index (Phi) is 2.72. The summed E-state index contributed by atoms with van der Waals surface area (Å²) in [7, 11) is 1.98. The Hall–Kier alpha value is -0.830. The van der Waals surface area contributed by atoms with Gasteiger partial charge in [0.15, 0.2) is 0 Å². The van der Waals surface area contributed by atoms with Gasteiger partial charge < -0.3 is 5.32 Å². The molecule has 0 amide bonds. The minimum Gasteiger partial charge on any atom is -0.313 e. The first-order valence-electron chi connectivity index (χ1n) is 6.53. The summed E-state index contributed by atoms with van der Waals surface area (Å²) in [5.74, 6) is 2.02. The molecule has 2 fully saturated rings. The molecule has 2 aliphatic carbocycles. The molecule has 88 valence electrons. The molecular weight excluding hydrogens is 198 g/mol. The van der Waals surface area contributed by atoms with Gasteiger partial charge in [-0.1, -0.05) is 6.42 Å². The molecule has 0 radical (unpaired) electrons. The van der Waals surface area contributed by atoms with Crippen LogP contribution in [-0.4, -0.2) is 22.4 Å². The maximum atomic E-state index is 4.40. The fourth-order valence-electron chi connectivity index (χ4n) is 3.48. The van der Waals surface area contributed by atoms with E-state index in [-0.39, 0.29) is 0 Å². The maximum Gasteiger partial charge on any atom is 0.0637 e. The first kappa shape index (κ1) is 10.3. The van der Waals surface area contributed by atoms with Crippen LogP contribution < -0.4 is 5.32 Å². The van der Waals surface area contributed by atoms with Crippen LogP contribution in [0, 0.1) is 11.8 Å². The first-order chi connectivity index (χ1) is 7.81. The van der Waals surface area contributed by atoms with Crippen molar-refractivity contribution < 1.29 is 0 Å². The van der Waals surface area contributed by atoms with Gasteiger partial charge in [0, 0.05) is 32.3 Å². The van der Waals surface area contributed by atoms with Crippen molar-refractivity contribution in [2.24, 2.45) is 18.9 Å². The van der Waals surface area contributed by atoms with Gasteiger partial charge in [0.05, 0.1) is 5.69 Å². The Morgan fingerprint density at radius 3 is 3.00 bits per heavy atom. The van der Waals surface area contributed by atoms with Gasteiger partial charge in [-0.15, -0.1) is 0 Å². The van der Waals surface area contributed by atoms with E-state index in [0.717, 1.165) is 30.8 Å². The summed E-state index contributed by atoms with van der Waals surface area (Å²) in [6, 6.07) is 2.92. The second kappa shape index (κ2) is 4.21. The molecule has 0 spiro atoms. The smallest absolute Gasteiger partial charge is 0.0637 e. The van der Waals surface area contributed by atoms with E-state index < -0.39 is 0 Å². The van der Waals surface area contributed by atoms with Gasteiger partial charge in [0.1, 0.15) is 0 Å². The van der Waals surface area contributed by atoms with Gasteiger partial charge in [-0.2, -0.15) is 5.10 Å². The van der Waals surface area contributed by atoms with Crippen LogP contribution in [0.4, 0.5) is 0 Å². The highest BCUT2D eigenvalue weighted by Gasteiger charge is 2.38. The third kappa shape index (κ3) is 2.01. The Morgan fingerprint density at radius 2 is 2.38 bits per heavy atom. The quantitative estimate of drug-likeness (QED) is 0.836. The van der Waals surface area contributed by atoms with Crippen LogP contribution in [0.25, 0.3) is 0 Å². The highest BCUT2D eigenvalue weighted by Crippen LogP contribution is 2.44. The van der Waals surface area contributed by atoms with Crippen LogP contribution in [0.3, 0.4) is 0 Å². The van der Waals surface area contributed by atoms with Crippen LogP contribution in [0.15, 0.2) is 12.3 Å². The number of aryl methyl sites for hydroxylation is 1. The predicted octanol–water partition coefficient (Wildman–Crippen LogP) is 1.74. The van der Waals surface area contributed by atoms with Crippen LogP contribution in [0.5, 0.6) is 0 Å². The van der Waals surface area contributed by atoms with Crippen LogP contribution >= 0.6 is 0 Å². The molecule has 1 aromatic rings. The summed E-state index contributed by atoms with van der Waals surface area (Å²) in [4.78, 5) is 0. The lowest BCUT2D eigenvalue weighted by Crippen LogP contribution is -2.35. The van der Waals surface area contributed by atoms with Gasteiger partial charge >= 0.3 is 0 Å². The highest BCUT2D eigenvalue weighted by molar-refractivity contribution is 5.00. The van der Waals surface area contributed by atoms with Gasteiger partial charge in [-0.25, -0.2) is 0 Å². The van der Waals surface area contributed by atoms with E-state index in [4.69, 9.17) is 0 Å². The van der Waals surface area contributed by atoms with Crippen molar-refractivity contribution in [2.45, 2.75) is 38.1 Å². The molecule has 16 heavy (non-hydrogen) atoms. The lowest BCUT2D eigenvalue weighted by molar-refractivity contribution is 0.353. The van der Waals surface area contributed by atoms with Gasteiger partial charge in [0.2, 0.25) is 0 Å². The van der Waals surface area contributed by atoms with E-state index in [2.05, 4.69) is 16.5 Å². The van der Waals surface area contributed by atoms with Crippen LogP contribution in [0.2, 0.25) is 0 Å². The maximum absolute atomic E-state index is 4.40. The Labute approximate surface area is 97.2 Å².